The number of benzene rings is 1. The first-order valence-corrected chi connectivity index (χ1v) is 5.81. The first kappa shape index (κ1) is 13.0. The van der Waals surface area contributed by atoms with E-state index in [1.165, 1.54) is 24.1 Å². The molecule has 0 saturated carbocycles. The maximum absolute atomic E-state index is 11.8. The molecule has 5 nitrogen and oxygen atoms in total. The van der Waals surface area contributed by atoms with Crippen LogP contribution in [0.1, 0.15) is 21.6 Å². The molecular weight excluding hydrogens is 244 g/mol. The van der Waals surface area contributed by atoms with Gasteiger partial charge in [0.1, 0.15) is 0 Å². The third kappa shape index (κ3) is 2.88. The van der Waals surface area contributed by atoms with E-state index in [9.17, 15) is 9.59 Å². The molecule has 0 aliphatic heterocycles. The number of nitrogens with zero attached hydrogens (tertiary/aromatic N) is 2. The van der Waals surface area contributed by atoms with Crippen LogP contribution in [0.2, 0.25) is 0 Å². The Morgan fingerprint density at radius 2 is 2.11 bits per heavy atom. The number of aromatic nitrogens is 2. The Morgan fingerprint density at radius 3 is 2.79 bits per heavy atom. The van der Waals surface area contributed by atoms with Crippen molar-refractivity contribution < 1.29 is 9.53 Å². The standard InChI is InChI=1S/C14H14N2O3/c1-10-7-13(17)16(9-15-10)8-11-5-3-4-6-12(11)14(18)19-2/h3-7,9H,8H2,1-2H3. The summed E-state index contributed by atoms with van der Waals surface area (Å²) >= 11 is 0. The van der Waals surface area contributed by atoms with Gasteiger partial charge in [0.25, 0.3) is 5.56 Å². The van der Waals surface area contributed by atoms with Gasteiger partial charge >= 0.3 is 5.97 Å². The molecule has 1 aromatic heterocycles. The SMILES string of the molecule is COC(=O)c1ccccc1Cn1cnc(C)cc1=O. The number of ether oxygens (including phenoxy) is 1. The summed E-state index contributed by atoms with van der Waals surface area (Å²) in [6.07, 6.45) is 1.48. The number of aryl methyl sites for hydroxylation is 1. The van der Waals surface area contributed by atoms with Crippen molar-refractivity contribution in [2.24, 2.45) is 0 Å². The summed E-state index contributed by atoms with van der Waals surface area (Å²) in [5.41, 5.74) is 1.70. The van der Waals surface area contributed by atoms with Gasteiger partial charge in [-0.3, -0.25) is 9.36 Å². The molecule has 1 aromatic carbocycles. The molecule has 0 amide bonds. The van der Waals surface area contributed by atoms with Crippen molar-refractivity contribution in [2.45, 2.75) is 13.5 Å². The van der Waals surface area contributed by atoms with E-state index in [0.717, 1.165) is 5.56 Å². The molecule has 0 unspecified atom stereocenters. The molecule has 0 atom stereocenters. The van der Waals surface area contributed by atoms with Crippen LogP contribution in [0.5, 0.6) is 0 Å². The highest BCUT2D eigenvalue weighted by molar-refractivity contribution is 5.90. The highest BCUT2D eigenvalue weighted by Crippen LogP contribution is 2.11. The molecule has 5 heteroatoms. The van der Waals surface area contributed by atoms with E-state index < -0.39 is 5.97 Å². The molecule has 0 saturated heterocycles. The second kappa shape index (κ2) is 5.48. The van der Waals surface area contributed by atoms with Crippen molar-refractivity contribution in [3.63, 3.8) is 0 Å². The van der Waals surface area contributed by atoms with E-state index in [0.29, 0.717) is 11.3 Å². The lowest BCUT2D eigenvalue weighted by molar-refractivity contribution is 0.0599. The number of rotatable bonds is 3. The van der Waals surface area contributed by atoms with E-state index >= 15 is 0 Å². The fourth-order valence-corrected chi connectivity index (χ4v) is 1.79. The van der Waals surface area contributed by atoms with Gasteiger partial charge in [-0.05, 0) is 18.6 Å². The average molecular weight is 258 g/mol. The van der Waals surface area contributed by atoms with Crippen molar-refractivity contribution in [3.8, 4) is 0 Å². The van der Waals surface area contributed by atoms with Crippen molar-refractivity contribution in [3.05, 3.63) is 63.8 Å². The summed E-state index contributed by atoms with van der Waals surface area (Å²) in [4.78, 5) is 27.5. The maximum atomic E-state index is 11.8. The van der Waals surface area contributed by atoms with Gasteiger partial charge in [0, 0.05) is 11.8 Å². The lowest BCUT2D eigenvalue weighted by Crippen LogP contribution is -2.21. The monoisotopic (exact) mass is 258 g/mol. The average Bonchev–Trinajstić information content (AvgIpc) is 2.41. The van der Waals surface area contributed by atoms with Gasteiger partial charge < -0.3 is 4.74 Å². The van der Waals surface area contributed by atoms with Crippen molar-refractivity contribution >= 4 is 5.97 Å². The lowest BCUT2D eigenvalue weighted by Gasteiger charge is -2.09. The Balaban J connectivity index is 2.38. The summed E-state index contributed by atoms with van der Waals surface area (Å²) in [5.74, 6) is -0.413. The van der Waals surface area contributed by atoms with Crippen molar-refractivity contribution in [1.29, 1.82) is 0 Å². The number of carbonyl (C=O) groups excluding carboxylic acids is 1. The predicted molar refractivity (Wildman–Crippen MR) is 70.1 cm³/mol. The van der Waals surface area contributed by atoms with Crippen LogP contribution in [0.3, 0.4) is 0 Å². The van der Waals surface area contributed by atoms with Gasteiger partial charge in [0.2, 0.25) is 0 Å². The quantitative estimate of drug-likeness (QED) is 0.780. The highest BCUT2D eigenvalue weighted by atomic mass is 16.5. The minimum absolute atomic E-state index is 0.146. The molecule has 0 aliphatic rings. The summed E-state index contributed by atoms with van der Waals surface area (Å²) in [6.45, 7) is 2.05. The van der Waals surface area contributed by atoms with Crippen LogP contribution in [0, 0.1) is 6.92 Å². The Hall–Kier alpha value is -2.43. The smallest absolute Gasteiger partial charge is 0.338 e. The van der Waals surface area contributed by atoms with Crippen LogP contribution in [0.25, 0.3) is 0 Å². The van der Waals surface area contributed by atoms with E-state index in [1.807, 2.05) is 6.07 Å². The first-order valence-electron chi connectivity index (χ1n) is 5.81. The second-order valence-electron chi connectivity index (χ2n) is 4.15. The molecule has 0 N–H and O–H groups in total. The molecule has 0 bridgehead atoms. The summed E-state index contributed by atoms with van der Waals surface area (Å²) in [7, 11) is 1.33. The fourth-order valence-electron chi connectivity index (χ4n) is 1.79. The number of hydrogen-bond acceptors (Lipinski definition) is 4. The van der Waals surface area contributed by atoms with Crippen LogP contribution in [0.4, 0.5) is 0 Å². The Labute approximate surface area is 110 Å². The fraction of sp³-hybridized carbons (Fsp3) is 0.214. The van der Waals surface area contributed by atoms with Gasteiger partial charge in [0.15, 0.2) is 0 Å². The molecule has 98 valence electrons. The number of hydrogen-bond donors (Lipinski definition) is 0. The van der Waals surface area contributed by atoms with E-state index in [-0.39, 0.29) is 12.1 Å². The van der Waals surface area contributed by atoms with E-state index in [4.69, 9.17) is 4.74 Å². The maximum Gasteiger partial charge on any atom is 0.338 e. The molecule has 1 heterocycles. The number of carbonyl (C=O) groups is 1. The molecule has 19 heavy (non-hydrogen) atoms. The summed E-state index contributed by atoms with van der Waals surface area (Å²) in [5, 5.41) is 0. The Morgan fingerprint density at radius 1 is 1.37 bits per heavy atom. The van der Waals surface area contributed by atoms with Gasteiger partial charge in [-0.1, -0.05) is 18.2 Å². The van der Waals surface area contributed by atoms with Crippen LogP contribution in [-0.4, -0.2) is 22.6 Å². The van der Waals surface area contributed by atoms with Crippen LogP contribution < -0.4 is 5.56 Å². The van der Waals surface area contributed by atoms with Gasteiger partial charge in [-0.25, -0.2) is 9.78 Å². The van der Waals surface area contributed by atoms with Crippen LogP contribution in [0.15, 0.2) is 41.5 Å². The number of esters is 1. The zero-order valence-corrected chi connectivity index (χ0v) is 10.8. The second-order valence-corrected chi connectivity index (χ2v) is 4.15. The van der Waals surface area contributed by atoms with E-state index in [2.05, 4.69) is 4.98 Å². The third-order valence-corrected chi connectivity index (χ3v) is 2.78. The van der Waals surface area contributed by atoms with Crippen LogP contribution in [-0.2, 0) is 11.3 Å². The first-order chi connectivity index (χ1) is 9.11. The van der Waals surface area contributed by atoms with Crippen molar-refractivity contribution in [2.75, 3.05) is 7.11 Å². The minimum atomic E-state index is -0.413. The highest BCUT2D eigenvalue weighted by Gasteiger charge is 2.11. The predicted octanol–water partition coefficient (Wildman–Crippen LogP) is 1.39. The van der Waals surface area contributed by atoms with Crippen molar-refractivity contribution in [1.82, 2.24) is 9.55 Å². The Kier molecular flexibility index (Phi) is 3.75. The van der Waals surface area contributed by atoms with E-state index in [1.54, 1.807) is 25.1 Å². The lowest BCUT2D eigenvalue weighted by atomic mass is 10.1. The van der Waals surface area contributed by atoms with Gasteiger partial charge in [-0.15, -0.1) is 0 Å². The zero-order chi connectivity index (χ0) is 13.8. The molecular formula is C14H14N2O3. The largest absolute Gasteiger partial charge is 0.465 e. The van der Waals surface area contributed by atoms with Gasteiger partial charge in [0.05, 0.1) is 25.5 Å². The Bertz CT molecular complexity index is 662. The molecule has 2 rings (SSSR count). The third-order valence-electron chi connectivity index (χ3n) is 2.78. The zero-order valence-electron chi connectivity index (χ0n) is 10.8. The minimum Gasteiger partial charge on any atom is -0.465 e. The molecule has 0 spiro atoms. The van der Waals surface area contributed by atoms with Gasteiger partial charge in [-0.2, -0.15) is 0 Å². The topological polar surface area (TPSA) is 61.2 Å². The summed E-state index contributed by atoms with van der Waals surface area (Å²) in [6, 6.07) is 8.49. The molecule has 0 aliphatic carbocycles. The number of methoxy groups -OCH3 is 1. The molecule has 2 aromatic rings. The molecule has 0 radical (unpaired) electrons. The normalized spacial score (nSPS) is 10.2. The van der Waals surface area contributed by atoms with Crippen LogP contribution >= 0.6 is 0 Å². The molecule has 0 fully saturated rings. The summed E-state index contributed by atoms with van der Waals surface area (Å²) < 4.78 is 6.18.